The van der Waals surface area contributed by atoms with Gasteiger partial charge in [-0.1, -0.05) is 34.1 Å². The molecule has 0 spiro atoms. The van der Waals surface area contributed by atoms with E-state index in [1.165, 1.54) is 0 Å². The number of ether oxygens (including phenoxy) is 3. The predicted molar refractivity (Wildman–Crippen MR) is 76.7 cm³/mol. The maximum Gasteiger partial charge on any atom is 0.316 e. The molecule has 0 aliphatic heterocycles. The maximum atomic E-state index is 10.8. The van der Waals surface area contributed by atoms with Crippen LogP contribution in [0.1, 0.15) is 12.8 Å². The monoisotopic (exact) mass is 330 g/mol. The van der Waals surface area contributed by atoms with Gasteiger partial charge in [-0.3, -0.25) is 4.79 Å². The van der Waals surface area contributed by atoms with Gasteiger partial charge in [0.2, 0.25) is 0 Å². The Bertz CT molecular complexity index is 343. The number of hydrogen-bond donors (Lipinski definition) is 0. The molecule has 0 saturated carbocycles. The van der Waals surface area contributed by atoms with Crippen LogP contribution < -0.4 is 4.74 Å². The summed E-state index contributed by atoms with van der Waals surface area (Å²) in [5.74, 6) is 0.639. The van der Waals surface area contributed by atoms with Gasteiger partial charge in [0.25, 0.3) is 0 Å². The van der Waals surface area contributed by atoms with Gasteiger partial charge in [0.1, 0.15) is 11.1 Å². The van der Waals surface area contributed by atoms with Crippen LogP contribution in [0.2, 0.25) is 0 Å². The largest absolute Gasteiger partial charge is 0.494 e. The van der Waals surface area contributed by atoms with Crippen LogP contribution in [0.4, 0.5) is 0 Å². The molecule has 0 unspecified atom stereocenters. The van der Waals surface area contributed by atoms with Gasteiger partial charge in [-0.05, 0) is 12.1 Å². The topological polar surface area (TPSA) is 44.8 Å². The van der Waals surface area contributed by atoms with Crippen molar-refractivity contribution in [1.29, 1.82) is 0 Å². The maximum absolute atomic E-state index is 10.8. The van der Waals surface area contributed by atoms with Crippen molar-refractivity contribution in [3.63, 3.8) is 0 Å². The molecule has 0 bridgehead atoms. The molecule has 0 saturated heterocycles. The molecule has 0 radical (unpaired) electrons. The van der Waals surface area contributed by atoms with Gasteiger partial charge in [0.05, 0.1) is 13.2 Å². The molecule has 0 amide bonds. The van der Waals surface area contributed by atoms with Crippen LogP contribution in [0.15, 0.2) is 30.3 Å². The van der Waals surface area contributed by atoms with Gasteiger partial charge in [-0.15, -0.1) is 0 Å². The minimum atomic E-state index is -0.240. The Hall–Kier alpha value is -1.07. The summed E-state index contributed by atoms with van der Waals surface area (Å²) in [6.07, 6.45) is 1.56. The fraction of sp³-hybridized carbons (Fsp3) is 0.500. The van der Waals surface area contributed by atoms with E-state index in [1.807, 2.05) is 30.3 Å². The Morgan fingerprint density at radius 2 is 1.68 bits per heavy atom. The zero-order chi connectivity index (χ0) is 13.8. The Kier molecular flexibility index (Phi) is 9.10. The van der Waals surface area contributed by atoms with Crippen molar-refractivity contribution in [2.75, 3.05) is 31.8 Å². The molecule has 0 aliphatic carbocycles. The van der Waals surface area contributed by atoms with Crippen LogP contribution in [-0.2, 0) is 14.3 Å². The van der Waals surface area contributed by atoms with Crippen LogP contribution >= 0.6 is 15.9 Å². The van der Waals surface area contributed by atoms with Gasteiger partial charge in [0.15, 0.2) is 0 Å². The minimum Gasteiger partial charge on any atom is -0.494 e. The van der Waals surface area contributed by atoms with Crippen LogP contribution in [0, 0.1) is 0 Å². The van der Waals surface area contributed by atoms with E-state index in [0.717, 1.165) is 18.6 Å². The van der Waals surface area contributed by atoms with E-state index in [-0.39, 0.29) is 11.3 Å². The lowest BCUT2D eigenvalue weighted by molar-refractivity contribution is -0.140. The second-order valence-corrected chi connectivity index (χ2v) is 4.40. The highest BCUT2D eigenvalue weighted by molar-refractivity contribution is 9.09. The first kappa shape index (κ1) is 16.0. The molecule has 1 aromatic rings. The molecule has 106 valence electrons. The number of carbonyl (C=O) groups excluding carboxylic acids is 1. The lowest BCUT2D eigenvalue weighted by Gasteiger charge is -2.07. The number of halogens is 1. The lowest BCUT2D eigenvalue weighted by atomic mass is 10.3. The first-order valence-electron chi connectivity index (χ1n) is 6.30. The third kappa shape index (κ3) is 8.61. The fourth-order valence-electron chi connectivity index (χ4n) is 1.36. The fourth-order valence-corrected chi connectivity index (χ4v) is 1.52. The third-order valence-corrected chi connectivity index (χ3v) is 2.71. The predicted octanol–water partition coefficient (Wildman–Crippen LogP) is 2.80. The summed E-state index contributed by atoms with van der Waals surface area (Å²) in [7, 11) is 0. The molecular formula is C14H19BrO4. The van der Waals surface area contributed by atoms with Crippen molar-refractivity contribution >= 4 is 21.9 Å². The molecule has 1 rings (SSSR count). The van der Waals surface area contributed by atoms with E-state index in [9.17, 15) is 4.79 Å². The highest BCUT2D eigenvalue weighted by Crippen LogP contribution is 2.08. The van der Waals surface area contributed by atoms with Crippen molar-refractivity contribution in [2.45, 2.75) is 12.8 Å². The van der Waals surface area contributed by atoms with Gasteiger partial charge in [0, 0.05) is 26.1 Å². The molecule has 0 heterocycles. The van der Waals surface area contributed by atoms with E-state index < -0.39 is 0 Å². The summed E-state index contributed by atoms with van der Waals surface area (Å²) >= 11 is 3.03. The van der Waals surface area contributed by atoms with E-state index in [0.29, 0.717) is 26.4 Å². The molecule has 0 atom stereocenters. The summed E-state index contributed by atoms with van der Waals surface area (Å²) in [5.41, 5.74) is 0. The zero-order valence-electron chi connectivity index (χ0n) is 10.8. The number of para-hydroxylation sites is 1. The summed E-state index contributed by atoms with van der Waals surface area (Å²) in [4.78, 5) is 10.8. The Morgan fingerprint density at radius 1 is 1.00 bits per heavy atom. The van der Waals surface area contributed by atoms with Crippen molar-refractivity contribution in [3.8, 4) is 5.75 Å². The number of rotatable bonds is 10. The van der Waals surface area contributed by atoms with Crippen molar-refractivity contribution < 1.29 is 19.0 Å². The number of benzene rings is 1. The number of esters is 1. The second-order valence-electron chi connectivity index (χ2n) is 3.84. The molecule has 1 aromatic carbocycles. The van der Waals surface area contributed by atoms with Gasteiger partial charge in [-0.2, -0.15) is 0 Å². The van der Waals surface area contributed by atoms with Crippen LogP contribution in [0.3, 0.4) is 0 Å². The van der Waals surface area contributed by atoms with Crippen LogP contribution in [0.25, 0.3) is 0 Å². The van der Waals surface area contributed by atoms with Gasteiger partial charge in [-0.25, -0.2) is 0 Å². The first-order valence-corrected chi connectivity index (χ1v) is 7.42. The lowest BCUT2D eigenvalue weighted by Crippen LogP contribution is -2.09. The van der Waals surface area contributed by atoms with E-state index in [1.54, 1.807) is 0 Å². The average Bonchev–Trinajstić information content (AvgIpc) is 2.46. The zero-order valence-corrected chi connectivity index (χ0v) is 12.4. The van der Waals surface area contributed by atoms with E-state index in [2.05, 4.69) is 15.9 Å². The average molecular weight is 331 g/mol. The molecule has 4 nitrogen and oxygen atoms in total. The third-order valence-electron chi connectivity index (χ3n) is 2.25. The Balaban J connectivity index is 1.85. The minimum absolute atomic E-state index is 0.240. The molecular weight excluding hydrogens is 312 g/mol. The van der Waals surface area contributed by atoms with Crippen LogP contribution in [0.5, 0.6) is 5.75 Å². The second kappa shape index (κ2) is 10.8. The number of hydrogen-bond acceptors (Lipinski definition) is 4. The molecule has 0 aliphatic rings. The molecule has 19 heavy (non-hydrogen) atoms. The standard InChI is InChI=1S/C14H19BrO4/c15-12-14(16)19-11-5-9-17-8-4-10-18-13-6-2-1-3-7-13/h1-3,6-7H,4-5,8-12H2. The molecule has 0 N–H and O–H groups in total. The SMILES string of the molecule is O=C(CBr)OCCCOCCCOc1ccccc1. The summed E-state index contributed by atoms with van der Waals surface area (Å²) in [6.45, 7) is 2.30. The summed E-state index contributed by atoms with van der Waals surface area (Å²) < 4.78 is 15.8. The number of carbonyl (C=O) groups is 1. The van der Waals surface area contributed by atoms with Gasteiger partial charge < -0.3 is 14.2 Å². The Morgan fingerprint density at radius 3 is 2.37 bits per heavy atom. The summed E-state index contributed by atoms with van der Waals surface area (Å²) in [5, 5.41) is 0.241. The van der Waals surface area contributed by atoms with Crippen molar-refractivity contribution in [2.24, 2.45) is 0 Å². The molecule has 5 heteroatoms. The first-order chi connectivity index (χ1) is 9.33. The summed E-state index contributed by atoms with van der Waals surface area (Å²) in [6, 6.07) is 9.71. The van der Waals surface area contributed by atoms with E-state index in [4.69, 9.17) is 14.2 Å². The highest BCUT2D eigenvalue weighted by atomic mass is 79.9. The van der Waals surface area contributed by atoms with Crippen LogP contribution in [-0.4, -0.2) is 37.7 Å². The molecule has 0 fully saturated rings. The Labute approximate surface area is 122 Å². The molecule has 0 aromatic heterocycles. The van der Waals surface area contributed by atoms with E-state index >= 15 is 0 Å². The normalized spacial score (nSPS) is 10.2. The highest BCUT2D eigenvalue weighted by Gasteiger charge is 1.98. The number of alkyl halides is 1. The van der Waals surface area contributed by atoms with Gasteiger partial charge >= 0.3 is 5.97 Å². The smallest absolute Gasteiger partial charge is 0.316 e. The quantitative estimate of drug-likeness (QED) is 0.376. The van der Waals surface area contributed by atoms with Crippen molar-refractivity contribution in [3.05, 3.63) is 30.3 Å². The van der Waals surface area contributed by atoms with Crippen molar-refractivity contribution in [1.82, 2.24) is 0 Å².